The van der Waals surface area contributed by atoms with Crippen molar-refractivity contribution in [2.45, 2.75) is 77.3 Å². The quantitative estimate of drug-likeness (QED) is 0.813. The minimum atomic E-state index is -0.347. The lowest BCUT2D eigenvalue weighted by Crippen LogP contribution is -2.51. The van der Waals surface area contributed by atoms with Crippen LogP contribution in [0.5, 0.6) is 0 Å². The Morgan fingerprint density at radius 2 is 1.70 bits per heavy atom. The van der Waals surface area contributed by atoms with Crippen molar-refractivity contribution < 1.29 is 9.59 Å². The number of hydrogen-bond donors (Lipinski definition) is 2. The molecule has 3 N–H and O–H groups in total. The molecule has 0 aromatic carbocycles. The number of amides is 2. The molecule has 2 fully saturated rings. The first kappa shape index (κ1) is 18.2. The summed E-state index contributed by atoms with van der Waals surface area (Å²) in [6.45, 7) is 5.22. The van der Waals surface area contributed by atoms with Gasteiger partial charge in [-0.15, -0.1) is 0 Å². The lowest BCUT2D eigenvalue weighted by atomic mass is 9.84. The molecule has 1 aliphatic heterocycles. The molecule has 0 spiro atoms. The predicted molar refractivity (Wildman–Crippen MR) is 91.8 cm³/mol. The van der Waals surface area contributed by atoms with Crippen molar-refractivity contribution in [2.24, 2.45) is 17.6 Å². The van der Waals surface area contributed by atoms with Crippen LogP contribution in [0.2, 0.25) is 0 Å². The molecule has 23 heavy (non-hydrogen) atoms. The van der Waals surface area contributed by atoms with Crippen molar-refractivity contribution in [3.63, 3.8) is 0 Å². The van der Waals surface area contributed by atoms with Gasteiger partial charge in [-0.05, 0) is 25.2 Å². The fourth-order valence-corrected chi connectivity index (χ4v) is 3.73. The van der Waals surface area contributed by atoms with Gasteiger partial charge in [0.15, 0.2) is 0 Å². The normalized spacial score (nSPS) is 22.2. The summed E-state index contributed by atoms with van der Waals surface area (Å²) < 4.78 is 0. The molecule has 1 saturated heterocycles. The summed E-state index contributed by atoms with van der Waals surface area (Å²) in [7, 11) is 0. The Morgan fingerprint density at radius 1 is 1.09 bits per heavy atom. The molecule has 5 heteroatoms. The monoisotopic (exact) mass is 323 g/mol. The highest BCUT2D eigenvalue weighted by atomic mass is 16.2. The number of nitrogens with one attached hydrogen (secondary N) is 1. The number of nitrogens with zero attached hydrogens (tertiary/aromatic N) is 1. The van der Waals surface area contributed by atoms with E-state index in [4.69, 9.17) is 5.73 Å². The minimum absolute atomic E-state index is 0.0126. The van der Waals surface area contributed by atoms with Gasteiger partial charge in [-0.25, -0.2) is 0 Å². The van der Waals surface area contributed by atoms with Gasteiger partial charge < -0.3 is 16.0 Å². The van der Waals surface area contributed by atoms with Gasteiger partial charge >= 0.3 is 0 Å². The first-order chi connectivity index (χ1) is 11.0. The second-order valence-corrected chi connectivity index (χ2v) is 7.61. The number of likely N-dealkylation sites (tertiary alicyclic amines) is 1. The lowest BCUT2D eigenvalue weighted by molar-refractivity contribution is -0.134. The second-order valence-electron chi connectivity index (χ2n) is 7.61. The van der Waals surface area contributed by atoms with Crippen LogP contribution in [-0.4, -0.2) is 41.9 Å². The zero-order valence-electron chi connectivity index (χ0n) is 14.7. The molecule has 5 nitrogen and oxygen atoms in total. The Bertz CT molecular complexity index is 397. The van der Waals surface area contributed by atoms with E-state index in [1.165, 1.54) is 32.1 Å². The molecule has 2 amide bonds. The van der Waals surface area contributed by atoms with Crippen LogP contribution >= 0.6 is 0 Å². The zero-order chi connectivity index (χ0) is 16.8. The first-order valence-electron chi connectivity index (χ1n) is 9.32. The van der Waals surface area contributed by atoms with E-state index in [1.54, 1.807) is 0 Å². The Labute approximate surface area is 140 Å². The molecule has 2 rings (SSSR count). The fourth-order valence-electron chi connectivity index (χ4n) is 3.73. The average Bonchev–Trinajstić information content (AvgIpc) is 2.55. The van der Waals surface area contributed by atoms with Crippen molar-refractivity contribution in [1.82, 2.24) is 10.2 Å². The van der Waals surface area contributed by atoms with Crippen molar-refractivity contribution in [1.29, 1.82) is 0 Å². The van der Waals surface area contributed by atoms with E-state index in [1.807, 2.05) is 18.7 Å². The van der Waals surface area contributed by atoms with Gasteiger partial charge in [0.25, 0.3) is 0 Å². The van der Waals surface area contributed by atoms with Crippen LogP contribution < -0.4 is 11.1 Å². The summed E-state index contributed by atoms with van der Waals surface area (Å²) in [5.74, 6) is 0.845. The molecule has 1 heterocycles. The van der Waals surface area contributed by atoms with Gasteiger partial charge in [0.2, 0.25) is 11.8 Å². The third-order valence-electron chi connectivity index (χ3n) is 5.31. The summed E-state index contributed by atoms with van der Waals surface area (Å²) in [5, 5.41) is 3.06. The maximum absolute atomic E-state index is 12.5. The molecule has 0 bridgehead atoms. The number of carbonyl (C=O) groups is 2. The molecule has 1 saturated carbocycles. The molecule has 0 aromatic heterocycles. The van der Waals surface area contributed by atoms with E-state index in [-0.39, 0.29) is 29.8 Å². The van der Waals surface area contributed by atoms with Gasteiger partial charge in [-0.1, -0.05) is 46.0 Å². The zero-order valence-corrected chi connectivity index (χ0v) is 14.7. The number of rotatable bonds is 5. The van der Waals surface area contributed by atoms with E-state index >= 15 is 0 Å². The van der Waals surface area contributed by atoms with Gasteiger partial charge in [0.1, 0.15) is 0 Å². The standard InChI is InChI=1S/C18H33N3O2/c1-13(2)17(22)20-15-8-10-21(11-9-15)18(23)16(19)12-14-6-4-3-5-7-14/h13-16H,3-12,19H2,1-2H3,(H,20,22). The van der Waals surface area contributed by atoms with Gasteiger partial charge in [-0.2, -0.15) is 0 Å². The van der Waals surface area contributed by atoms with Crippen LogP contribution in [0.4, 0.5) is 0 Å². The van der Waals surface area contributed by atoms with Crippen molar-refractivity contribution in [3.8, 4) is 0 Å². The molecule has 0 radical (unpaired) electrons. The number of piperidine rings is 1. The van der Waals surface area contributed by atoms with Crippen LogP contribution in [0.15, 0.2) is 0 Å². The summed E-state index contributed by atoms with van der Waals surface area (Å²) in [5.41, 5.74) is 6.17. The largest absolute Gasteiger partial charge is 0.353 e. The predicted octanol–water partition coefficient (Wildman–Crippen LogP) is 2.05. The summed E-state index contributed by atoms with van der Waals surface area (Å²) in [4.78, 5) is 26.2. The Kier molecular flexibility index (Phi) is 6.88. The van der Waals surface area contributed by atoms with Gasteiger partial charge in [0.05, 0.1) is 6.04 Å². The molecule has 1 atom stereocenters. The van der Waals surface area contributed by atoms with Crippen molar-refractivity contribution >= 4 is 11.8 Å². The topological polar surface area (TPSA) is 75.4 Å². The Hall–Kier alpha value is -1.10. The lowest BCUT2D eigenvalue weighted by Gasteiger charge is -2.35. The van der Waals surface area contributed by atoms with Crippen LogP contribution in [0.1, 0.15) is 65.2 Å². The highest BCUT2D eigenvalue weighted by Gasteiger charge is 2.29. The van der Waals surface area contributed by atoms with Crippen molar-refractivity contribution in [2.75, 3.05) is 13.1 Å². The smallest absolute Gasteiger partial charge is 0.239 e. The molecule has 132 valence electrons. The van der Waals surface area contributed by atoms with E-state index in [0.717, 1.165) is 19.3 Å². The van der Waals surface area contributed by atoms with Crippen LogP contribution in [-0.2, 0) is 9.59 Å². The van der Waals surface area contributed by atoms with E-state index < -0.39 is 0 Å². The number of carbonyl (C=O) groups excluding carboxylic acids is 2. The van der Waals surface area contributed by atoms with E-state index in [9.17, 15) is 9.59 Å². The summed E-state index contributed by atoms with van der Waals surface area (Å²) in [6, 6.07) is -0.150. The SMILES string of the molecule is CC(C)C(=O)NC1CCN(C(=O)C(N)CC2CCCCC2)CC1. The number of nitrogens with two attached hydrogens (primary N) is 1. The molecular formula is C18H33N3O2. The first-order valence-corrected chi connectivity index (χ1v) is 9.32. The maximum atomic E-state index is 12.5. The Morgan fingerprint density at radius 3 is 2.26 bits per heavy atom. The van der Waals surface area contributed by atoms with E-state index in [0.29, 0.717) is 19.0 Å². The number of hydrogen-bond acceptors (Lipinski definition) is 3. The third-order valence-corrected chi connectivity index (χ3v) is 5.31. The highest BCUT2D eigenvalue weighted by molar-refractivity contribution is 5.82. The van der Waals surface area contributed by atoms with E-state index in [2.05, 4.69) is 5.32 Å². The molecule has 0 aromatic rings. The van der Waals surface area contributed by atoms with Crippen LogP contribution in [0.25, 0.3) is 0 Å². The maximum Gasteiger partial charge on any atom is 0.239 e. The Balaban J connectivity index is 1.73. The van der Waals surface area contributed by atoms with Crippen molar-refractivity contribution in [3.05, 3.63) is 0 Å². The molecule has 2 aliphatic rings. The highest BCUT2D eigenvalue weighted by Crippen LogP contribution is 2.27. The third kappa shape index (κ3) is 5.48. The van der Waals surface area contributed by atoms with Gasteiger partial charge in [0, 0.05) is 25.0 Å². The minimum Gasteiger partial charge on any atom is -0.353 e. The van der Waals surface area contributed by atoms with Crippen LogP contribution in [0, 0.1) is 11.8 Å². The molecular weight excluding hydrogens is 290 g/mol. The molecule has 1 unspecified atom stereocenters. The van der Waals surface area contributed by atoms with Gasteiger partial charge in [-0.3, -0.25) is 9.59 Å². The second kappa shape index (κ2) is 8.67. The fraction of sp³-hybridized carbons (Fsp3) is 0.889. The average molecular weight is 323 g/mol. The van der Waals surface area contributed by atoms with Crippen LogP contribution in [0.3, 0.4) is 0 Å². The summed E-state index contributed by atoms with van der Waals surface area (Å²) in [6.07, 6.45) is 8.85. The molecule has 1 aliphatic carbocycles. The summed E-state index contributed by atoms with van der Waals surface area (Å²) >= 11 is 0.